The summed E-state index contributed by atoms with van der Waals surface area (Å²) in [6.07, 6.45) is 0. The highest BCUT2D eigenvalue weighted by atomic mass is 16.6. The van der Waals surface area contributed by atoms with E-state index < -0.39 is 4.92 Å². The smallest absolute Gasteiger partial charge is 0.270 e. The molecule has 3 N–H and O–H groups in total. The summed E-state index contributed by atoms with van der Waals surface area (Å²) < 4.78 is 0. The molecular weight excluding hydrogens is 248 g/mol. The molecule has 104 valence electrons. The van der Waals surface area contributed by atoms with Crippen LogP contribution in [0.1, 0.15) is 24.2 Å². The summed E-state index contributed by atoms with van der Waals surface area (Å²) >= 11 is 0. The fourth-order valence-corrected chi connectivity index (χ4v) is 1.78. The topological polar surface area (TPSA) is 102 Å². The van der Waals surface area contributed by atoms with Gasteiger partial charge in [-0.1, -0.05) is 13.8 Å². The molecule has 0 saturated heterocycles. The number of carbonyl (C=O) groups is 1. The Hall–Kier alpha value is -2.15. The molecule has 1 rings (SSSR count). The van der Waals surface area contributed by atoms with Crippen LogP contribution in [0.4, 0.5) is 11.4 Å². The van der Waals surface area contributed by atoms with Crippen molar-refractivity contribution < 1.29 is 9.72 Å². The number of carbonyl (C=O) groups excluding carboxylic acids is 1. The van der Waals surface area contributed by atoms with E-state index in [0.717, 1.165) is 0 Å². The second-order valence-electron chi connectivity index (χ2n) is 4.71. The lowest BCUT2D eigenvalue weighted by Crippen LogP contribution is -2.31. The number of benzene rings is 1. The number of hydrogen-bond acceptors (Lipinski definition) is 5. The maximum atomic E-state index is 12.2. The van der Waals surface area contributed by atoms with Crippen molar-refractivity contribution in [1.82, 2.24) is 4.90 Å². The van der Waals surface area contributed by atoms with Gasteiger partial charge < -0.3 is 10.3 Å². The maximum absolute atomic E-state index is 12.2. The van der Waals surface area contributed by atoms with Crippen molar-refractivity contribution in [2.24, 2.45) is 11.8 Å². The number of nitrogens with zero attached hydrogens (tertiary/aromatic N) is 2. The Bertz CT molecular complexity index is 488. The third kappa shape index (κ3) is 3.65. The first-order chi connectivity index (χ1) is 8.86. The summed E-state index contributed by atoms with van der Waals surface area (Å²) in [5.74, 6) is 5.33. The largest absolute Gasteiger partial charge is 0.341 e. The molecule has 0 atom stereocenters. The minimum Gasteiger partial charge on any atom is -0.341 e. The first kappa shape index (κ1) is 14.9. The van der Waals surface area contributed by atoms with Crippen LogP contribution in [0.15, 0.2) is 18.2 Å². The van der Waals surface area contributed by atoms with Gasteiger partial charge in [-0.3, -0.25) is 20.8 Å². The van der Waals surface area contributed by atoms with E-state index in [0.29, 0.717) is 18.2 Å². The highest BCUT2D eigenvalue weighted by Crippen LogP contribution is 2.22. The molecule has 0 radical (unpaired) electrons. The summed E-state index contributed by atoms with van der Waals surface area (Å²) in [7, 11) is 1.65. The van der Waals surface area contributed by atoms with Crippen molar-refractivity contribution in [3.05, 3.63) is 33.9 Å². The lowest BCUT2D eigenvalue weighted by atomic mass is 10.1. The summed E-state index contributed by atoms with van der Waals surface area (Å²) in [6, 6.07) is 3.96. The van der Waals surface area contributed by atoms with Crippen LogP contribution in [0.5, 0.6) is 0 Å². The van der Waals surface area contributed by atoms with Crippen LogP contribution >= 0.6 is 0 Å². The van der Waals surface area contributed by atoms with Crippen molar-refractivity contribution in [1.29, 1.82) is 0 Å². The molecule has 0 aromatic heterocycles. The number of rotatable bonds is 5. The lowest BCUT2D eigenvalue weighted by Gasteiger charge is -2.20. The maximum Gasteiger partial charge on any atom is 0.270 e. The fraction of sp³-hybridized carbons (Fsp3) is 0.417. The van der Waals surface area contributed by atoms with E-state index in [-0.39, 0.29) is 17.2 Å². The van der Waals surface area contributed by atoms with Crippen LogP contribution in [0.2, 0.25) is 0 Å². The lowest BCUT2D eigenvalue weighted by molar-refractivity contribution is -0.384. The van der Waals surface area contributed by atoms with E-state index in [1.54, 1.807) is 7.05 Å². The second kappa shape index (κ2) is 6.14. The van der Waals surface area contributed by atoms with Gasteiger partial charge in [0.05, 0.1) is 16.2 Å². The number of nitro groups is 1. The number of anilines is 1. The first-order valence-electron chi connectivity index (χ1n) is 5.87. The zero-order valence-corrected chi connectivity index (χ0v) is 11.2. The Balaban J connectivity index is 3.12. The van der Waals surface area contributed by atoms with E-state index in [4.69, 9.17) is 5.84 Å². The molecule has 1 aromatic carbocycles. The molecular formula is C12H18N4O3. The number of nitrogens with one attached hydrogen (secondary N) is 1. The van der Waals surface area contributed by atoms with Gasteiger partial charge >= 0.3 is 0 Å². The molecule has 19 heavy (non-hydrogen) atoms. The van der Waals surface area contributed by atoms with E-state index in [2.05, 4.69) is 5.43 Å². The van der Waals surface area contributed by atoms with Crippen molar-refractivity contribution in [2.45, 2.75) is 13.8 Å². The zero-order valence-electron chi connectivity index (χ0n) is 11.2. The molecule has 7 heteroatoms. The molecule has 0 saturated carbocycles. The Labute approximate surface area is 111 Å². The minimum absolute atomic E-state index is 0.139. The number of amides is 1. The second-order valence-corrected chi connectivity index (χ2v) is 4.71. The van der Waals surface area contributed by atoms with Crippen LogP contribution in [0.25, 0.3) is 0 Å². The normalized spacial score (nSPS) is 10.4. The number of non-ortho nitro benzene ring substituents is 1. The van der Waals surface area contributed by atoms with Gasteiger partial charge in [0.15, 0.2) is 0 Å². The van der Waals surface area contributed by atoms with Crippen molar-refractivity contribution in [2.75, 3.05) is 19.0 Å². The van der Waals surface area contributed by atoms with Gasteiger partial charge in [0.1, 0.15) is 0 Å². The predicted octanol–water partition coefficient (Wildman–Crippen LogP) is 1.61. The van der Waals surface area contributed by atoms with E-state index in [1.165, 1.54) is 23.1 Å². The third-order valence-corrected chi connectivity index (χ3v) is 2.59. The van der Waals surface area contributed by atoms with Crippen LogP contribution in [-0.4, -0.2) is 29.3 Å². The predicted molar refractivity (Wildman–Crippen MR) is 72.7 cm³/mol. The standard InChI is InChI=1S/C12H18N4O3/c1-8(2)7-15(3)12(17)10-6-9(16(18)19)4-5-11(10)14-13/h4-6,8,14H,7,13H2,1-3H3. The van der Waals surface area contributed by atoms with Gasteiger partial charge in [-0.05, 0) is 12.0 Å². The summed E-state index contributed by atoms with van der Waals surface area (Å²) in [5, 5.41) is 10.8. The molecule has 0 fully saturated rings. The van der Waals surface area contributed by atoms with Gasteiger partial charge in [-0.25, -0.2) is 0 Å². The summed E-state index contributed by atoms with van der Waals surface area (Å²) in [6.45, 7) is 4.53. The zero-order chi connectivity index (χ0) is 14.6. The Morgan fingerprint density at radius 2 is 2.16 bits per heavy atom. The van der Waals surface area contributed by atoms with Gasteiger partial charge in [0, 0.05) is 25.7 Å². The molecule has 7 nitrogen and oxygen atoms in total. The van der Waals surface area contributed by atoms with Crippen LogP contribution in [0.3, 0.4) is 0 Å². The summed E-state index contributed by atoms with van der Waals surface area (Å²) in [5.41, 5.74) is 2.80. The average Bonchev–Trinajstić information content (AvgIpc) is 2.36. The molecule has 1 aromatic rings. The summed E-state index contributed by atoms with van der Waals surface area (Å²) in [4.78, 5) is 24.0. The highest BCUT2D eigenvalue weighted by molar-refractivity contribution is 6.00. The van der Waals surface area contributed by atoms with Gasteiger partial charge in [-0.2, -0.15) is 0 Å². The monoisotopic (exact) mass is 266 g/mol. The van der Waals surface area contributed by atoms with Crippen molar-refractivity contribution in [3.8, 4) is 0 Å². The molecule has 0 bridgehead atoms. The third-order valence-electron chi connectivity index (χ3n) is 2.59. The molecule has 0 heterocycles. The molecule has 0 unspecified atom stereocenters. The highest BCUT2D eigenvalue weighted by Gasteiger charge is 2.19. The quantitative estimate of drug-likeness (QED) is 0.479. The molecule has 0 aliphatic rings. The number of hydrazine groups is 1. The van der Waals surface area contributed by atoms with E-state index >= 15 is 0 Å². The van der Waals surface area contributed by atoms with Gasteiger partial charge in [0.2, 0.25) is 0 Å². The van der Waals surface area contributed by atoms with Crippen LogP contribution in [0, 0.1) is 16.0 Å². The van der Waals surface area contributed by atoms with Crippen molar-refractivity contribution >= 4 is 17.3 Å². The number of hydrogen-bond donors (Lipinski definition) is 2. The molecule has 0 aliphatic carbocycles. The first-order valence-corrected chi connectivity index (χ1v) is 5.87. The van der Waals surface area contributed by atoms with Gasteiger partial charge in [0.25, 0.3) is 11.6 Å². The van der Waals surface area contributed by atoms with Crippen molar-refractivity contribution in [3.63, 3.8) is 0 Å². The minimum atomic E-state index is -0.542. The number of nitrogens with two attached hydrogens (primary N) is 1. The molecule has 0 spiro atoms. The molecule has 0 aliphatic heterocycles. The fourth-order valence-electron chi connectivity index (χ4n) is 1.78. The SMILES string of the molecule is CC(C)CN(C)C(=O)c1cc([N+](=O)[O-])ccc1NN. The molecule has 1 amide bonds. The Kier molecular flexibility index (Phi) is 4.82. The Morgan fingerprint density at radius 3 is 2.63 bits per heavy atom. The number of nitro benzene ring substituents is 1. The van der Waals surface area contributed by atoms with Crippen LogP contribution in [-0.2, 0) is 0 Å². The average molecular weight is 266 g/mol. The number of nitrogen functional groups attached to an aromatic ring is 1. The van der Waals surface area contributed by atoms with E-state index in [9.17, 15) is 14.9 Å². The van der Waals surface area contributed by atoms with Gasteiger partial charge in [-0.15, -0.1) is 0 Å². The van der Waals surface area contributed by atoms with E-state index in [1.807, 2.05) is 13.8 Å². The van der Waals surface area contributed by atoms with Crippen LogP contribution < -0.4 is 11.3 Å². The Morgan fingerprint density at radius 1 is 1.53 bits per heavy atom.